The second-order valence-corrected chi connectivity index (χ2v) is 8.85. The van der Waals surface area contributed by atoms with Crippen molar-refractivity contribution >= 4 is 11.8 Å². The topological polar surface area (TPSA) is 43.9 Å². The van der Waals surface area contributed by atoms with E-state index in [0.717, 1.165) is 58.4 Å². The Kier molecular flexibility index (Phi) is 7.70. The van der Waals surface area contributed by atoms with Crippen molar-refractivity contribution in [2.45, 2.75) is 59.0 Å². The molecule has 2 amide bonds. The van der Waals surface area contributed by atoms with Crippen LogP contribution < -0.4 is 0 Å². The molecular formula is C24H37N3O2. The van der Waals surface area contributed by atoms with Gasteiger partial charge in [0.15, 0.2) is 0 Å². The first-order chi connectivity index (χ1) is 14.0. The summed E-state index contributed by atoms with van der Waals surface area (Å²) >= 11 is 0. The summed E-state index contributed by atoms with van der Waals surface area (Å²) in [7, 11) is 0. The summed E-state index contributed by atoms with van der Waals surface area (Å²) in [6.07, 6.45) is 3.37. The van der Waals surface area contributed by atoms with E-state index in [9.17, 15) is 9.59 Å². The van der Waals surface area contributed by atoms with Crippen molar-refractivity contribution in [3.63, 3.8) is 0 Å². The van der Waals surface area contributed by atoms with Crippen molar-refractivity contribution in [3.05, 3.63) is 35.9 Å². The smallest absolute Gasteiger partial charge is 0.226 e. The fourth-order valence-electron chi connectivity index (χ4n) is 4.66. The highest BCUT2D eigenvalue weighted by molar-refractivity contribution is 5.81. The van der Waals surface area contributed by atoms with E-state index in [0.29, 0.717) is 12.5 Å². The highest BCUT2D eigenvalue weighted by Crippen LogP contribution is 2.32. The Bertz CT molecular complexity index is 660. The maximum atomic E-state index is 13.2. The highest BCUT2D eigenvalue weighted by atomic mass is 16.2. The van der Waals surface area contributed by atoms with Gasteiger partial charge in [-0.3, -0.25) is 9.59 Å². The largest absolute Gasteiger partial charge is 0.340 e. The predicted molar refractivity (Wildman–Crippen MR) is 116 cm³/mol. The van der Waals surface area contributed by atoms with Gasteiger partial charge in [-0.2, -0.15) is 0 Å². The maximum Gasteiger partial charge on any atom is 0.226 e. The van der Waals surface area contributed by atoms with Gasteiger partial charge in [0, 0.05) is 50.6 Å². The highest BCUT2D eigenvalue weighted by Gasteiger charge is 2.35. The van der Waals surface area contributed by atoms with Crippen LogP contribution in [-0.4, -0.2) is 65.3 Å². The number of hydrogen-bond acceptors (Lipinski definition) is 3. The van der Waals surface area contributed by atoms with E-state index in [4.69, 9.17) is 0 Å². The fourth-order valence-corrected chi connectivity index (χ4v) is 4.66. The van der Waals surface area contributed by atoms with E-state index in [-0.39, 0.29) is 23.8 Å². The van der Waals surface area contributed by atoms with Crippen LogP contribution in [0.2, 0.25) is 0 Å². The lowest BCUT2D eigenvalue weighted by atomic mass is 9.80. The zero-order chi connectivity index (χ0) is 20.8. The number of rotatable bonds is 6. The third kappa shape index (κ3) is 5.59. The molecule has 3 rings (SSSR count). The number of hydrogen-bond donors (Lipinski definition) is 0. The van der Waals surface area contributed by atoms with Crippen molar-refractivity contribution in [1.82, 2.24) is 14.7 Å². The first-order valence-electron chi connectivity index (χ1n) is 11.3. The van der Waals surface area contributed by atoms with Gasteiger partial charge in [-0.1, -0.05) is 37.3 Å². The first kappa shape index (κ1) is 21.8. The van der Waals surface area contributed by atoms with Crippen molar-refractivity contribution in [3.8, 4) is 0 Å². The van der Waals surface area contributed by atoms with Crippen LogP contribution in [0.3, 0.4) is 0 Å². The zero-order valence-electron chi connectivity index (χ0n) is 18.3. The van der Waals surface area contributed by atoms with Gasteiger partial charge in [-0.25, -0.2) is 0 Å². The monoisotopic (exact) mass is 399 g/mol. The van der Waals surface area contributed by atoms with E-state index in [1.54, 1.807) is 0 Å². The van der Waals surface area contributed by atoms with Crippen LogP contribution in [0.1, 0.15) is 52.0 Å². The molecule has 1 aliphatic carbocycles. The second kappa shape index (κ2) is 10.2. The predicted octanol–water partition coefficient (Wildman–Crippen LogP) is 3.39. The molecule has 1 aromatic rings. The van der Waals surface area contributed by atoms with Gasteiger partial charge in [-0.15, -0.1) is 0 Å². The SMILES string of the molecule is CCN1CCN(C(=O)C2CCC(C(=O)N(Cc3ccccc3)C(C)C)CC2)CC1. The molecule has 0 aromatic heterocycles. The molecule has 29 heavy (non-hydrogen) atoms. The number of carbonyl (C=O) groups excluding carboxylic acids is 2. The van der Waals surface area contributed by atoms with E-state index < -0.39 is 0 Å². The van der Waals surface area contributed by atoms with E-state index in [1.165, 1.54) is 5.56 Å². The second-order valence-electron chi connectivity index (χ2n) is 8.85. The van der Waals surface area contributed by atoms with Crippen molar-refractivity contribution in [1.29, 1.82) is 0 Å². The molecule has 2 aliphatic rings. The molecule has 1 heterocycles. The molecule has 5 nitrogen and oxygen atoms in total. The Morgan fingerprint density at radius 1 is 0.966 bits per heavy atom. The summed E-state index contributed by atoms with van der Waals surface area (Å²) < 4.78 is 0. The third-order valence-corrected chi connectivity index (χ3v) is 6.66. The molecule has 0 unspecified atom stereocenters. The summed E-state index contributed by atoms with van der Waals surface area (Å²) in [6, 6.07) is 10.4. The van der Waals surface area contributed by atoms with Gasteiger partial charge >= 0.3 is 0 Å². The van der Waals surface area contributed by atoms with Crippen LogP contribution in [-0.2, 0) is 16.1 Å². The quantitative estimate of drug-likeness (QED) is 0.736. The Labute approximate surface area is 176 Å². The molecule has 1 saturated carbocycles. The van der Waals surface area contributed by atoms with Crippen LogP contribution in [0.25, 0.3) is 0 Å². The standard InChI is InChI=1S/C24H37N3O2/c1-4-25-14-16-26(17-15-25)23(28)21-10-12-22(13-11-21)24(29)27(19(2)3)18-20-8-6-5-7-9-20/h5-9,19,21-22H,4,10-18H2,1-3H3. The van der Waals surface area contributed by atoms with Crippen LogP contribution in [0.5, 0.6) is 0 Å². The molecule has 2 fully saturated rings. The Morgan fingerprint density at radius 3 is 2.10 bits per heavy atom. The first-order valence-corrected chi connectivity index (χ1v) is 11.3. The fraction of sp³-hybridized carbons (Fsp3) is 0.667. The lowest BCUT2D eigenvalue weighted by molar-refractivity contribution is -0.143. The number of piperazine rings is 1. The van der Waals surface area contributed by atoms with Crippen LogP contribution in [0.4, 0.5) is 0 Å². The minimum atomic E-state index is 0.0575. The molecule has 0 atom stereocenters. The number of nitrogens with zero attached hydrogens (tertiary/aromatic N) is 3. The van der Waals surface area contributed by atoms with Gasteiger partial charge in [0.2, 0.25) is 11.8 Å². The minimum absolute atomic E-state index is 0.0575. The van der Waals surface area contributed by atoms with E-state index >= 15 is 0 Å². The van der Waals surface area contributed by atoms with Gasteiger partial charge < -0.3 is 14.7 Å². The third-order valence-electron chi connectivity index (χ3n) is 6.66. The molecule has 0 spiro atoms. The Morgan fingerprint density at radius 2 is 1.55 bits per heavy atom. The van der Waals surface area contributed by atoms with Crippen molar-refractivity contribution in [2.24, 2.45) is 11.8 Å². The number of amides is 2. The molecule has 0 N–H and O–H groups in total. The van der Waals surface area contributed by atoms with E-state index in [2.05, 4.69) is 42.7 Å². The molecule has 0 radical (unpaired) electrons. The van der Waals surface area contributed by atoms with E-state index in [1.807, 2.05) is 23.1 Å². The molecule has 1 aromatic carbocycles. The lowest BCUT2D eigenvalue weighted by Gasteiger charge is -2.38. The average molecular weight is 400 g/mol. The Balaban J connectivity index is 1.52. The van der Waals surface area contributed by atoms with Gasteiger partial charge in [0.05, 0.1) is 0 Å². The maximum absolute atomic E-state index is 13.2. The number of likely N-dealkylation sites (N-methyl/N-ethyl adjacent to an activating group) is 1. The van der Waals surface area contributed by atoms with Gasteiger partial charge in [-0.05, 0) is 51.6 Å². The summed E-state index contributed by atoms with van der Waals surface area (Å²) in [6.45, 7) is 11.7. The average Bonchev–Trinajstić information content (AvgIpc) is 2.77. The van der Waals surface area contributed by atoms with Gasteiger partial charge in [0.25, 0.3) is 0 Å². The summed E-state index contributed by atoms with van der Waals surface area (Å²) in [5, 5.41) is 0. The van der Waals surface area contributed by atoms with Gasteiger partial charge in [0.1, 0.15) is 0 Å². The van der Waals surface area contributed by atoms with Crippen molar-refractivity contribution < 1.29 is 9.59 Å². The van der Waals surface area contributed by atoms with Crippen LogP contribution in [0.15, 0.2) is 30.3 Å². The number of carbonyl (C=O) groups is 2. The summed E-state index contributed by atoms with van der Waals surface area (Å²) in [5.41, 5.74) is 1.17. The van der Waals surface area contributed by atoms with Crippen LogP contribution in [0, 0.1) is 11.8 Å². The molecule has 0 bridgehead atoms. The zero-order valence-corrected chi connectivity index (χ0v) is 18.3. The molecular weight excluding hydrogens is 362 g/mol. The molecule has 5 heteroatoms. The normalized spacial score (nSPS) is 23.2. The van der Waals surface area contributed by atoms with Crippen LogP contribution >= 0.6 is 0 Å². The molecule has 1 aliphatic heterocycles. The molecule has 1 saturated heterocycles. The molecule has 160 valence electrons. The summed E-state index contributed by atoms with van der Waals surface area (Å²) in [5.74, 6) is 0.735. The van der Waals surface area contributed by atoms with Crippen molar-refractivity contribution in [2.75, 3.05) is 32.7 Å². The summed E-state index contributed by atoms with van der Waals surface area (Å²) in [4.78, 5) is 32.6. The Hall–Kier alpha value is -1.88. The lowest BCUT2D eigenvalue weighted by Crippen LogP contribution is -2.50. The minimum Gasteiger partial charge on any atom is -0.340 e. The number of benzene rings is 1.